The van der Waals surface area contributed by atoms with Gasteiger partial charge in [0.2, 0.25) is 5.91 Å². The molecule has 0 saturated heterocycles. The van der Waals surface area contributed by atoms with Gasteiger partial charge in [0.25, 0.3) is 0 Å². The van der Waals surface area contributed by atoms with Crippen molar-refractivity contribution in [2.24, 2.45) is 0 Å². The summed E-state index contributed by atoms with van der Waals surface area (Å²) < 4.78 is 103. The zero-order valence-corrected chi connectivity index (χ0v) is 10.7. The van der Waals surface area contributed by atoms with Crippen molar-refractivity contribution in [3.05, 3.63) is 29.8 Å². The van der Waals surface area contributed by atoms with E-state index in [1.807, 2.05) is 0 Å². The maximum atomic E-state index is 12.9. The molecule has 0 aliphatic heterocycles. The van der Waals surface area contributed by atoms with Gasteiger partial charge in [0.15, 0.2) is 11.6 Å². The molecule has 0 unspecified atom stereocenters. The molecule has 22 heavy (non-hydrogen) atoms. The number of anilines is 1. The van der Waals surface area contributed by atoms with Crippen LogP contribution in [0.5, 0.6) is 0 Å². The van der Waals surface area contributed by atoms with Gasteiger partial charge < -0.3 is 10.6 Å². The van der Waals surface area contributed by atoms with E-state index in [4.69, 9.17) is 0 Å². The van der Waals surface area contributed by atoms with E-state index in [1.54, 1.807) is 0 Å². The fraction of sp³-hybridized carbons (Fsp3) is 0.364. The summed E-state index contributed by atoms with van der Waals surface area (Å²) in [5.74, 6) is -4.76. The Morgan fingerprint density at radius 3 is 1.82 bits per heavy atom. The summed E-state index contributed by atoms with van der Waals surface area (Å²) in [5.41, 5.74) is -5.88. The summed E-state index contributed by atoms with van der Waals surface area (Å²) in [7, 11) is 0. The van der Waals surface area contributed by atoms with Crippen LogP contribution in [0.3, 0.4) is 0 Å². The molecule has 0 aromatic heterocycles. The molecule has 2 N–H and O–H groups in total. The van der Waals surface area contributed by atoms with Gasteiger partial charge in [0.1, 0.15) is 0 Å². The van der Waals surface area contributed by atoms with Crippen LogP contribution in [0.1, 0.15) is 6.92 Å². The summed E-state index contributed by atoms with van der Waals surface area (Å²) in [5, 5.41) is 1.72. The monoisotopic (exact) mass is 336 g/mol. The number of carbonyl (C=O) groups excluding carboxylic acids is 1. The second kappa shape index (κ2) is 5.61. The van der Waals surface area contributed by atoms with Gasteiger partial charge in [-0.15, -0.1) is 0 Å². The highest BCUT2D eigenvalue weighted by Gasteiger charge is 2.72. The highest BCUT2D eigenvalue weighted by atomic mass is 19.4. The van der Waals surface area contributed by atoms with E-state index >= 15 is 0 Å². The molecule has 1 aromatic rings. The largest absolute Gasteiger partial charge is 0.439 e. The normalized spacial score (nSPS) is 13.0. The van der Waals surface area contributed by atoms with Crippen LogP contribution in [0.25, 0.3) is 0 Å². The molecule has 0 heterocycles. The van der Waals surface area contributed by atoms with E-state index in [-0.39, 0.29) is 6.07 Å². The summed E-state index contributed by atoms with van der Waals surface area (Å²) in [4.78, 5) is 10.8. The Kier molecular flexibility index (Phi) is 4.59. The number of rotatable bonds is 3. The predicted molar refractivity (Wildman–Crippen MR) is 58.6 cm³/mol. The van der Waals surface area contributed by atoms with Crippen LogP contribution in [-0.4, -0.2) is 23.9 Å². The number of halogens is 8. The Labute approximate surface area is 118 Å². The lowest BCUT2D eigenvalue weighted by Crippen LogP contribution is -2.72. The van der Waals surface area contributed by atoms with Gasteiger partial charge >= 0.3 is 18.0 Å². The smallest absolute Gasteiger partial charge is 0.348 e. The zero-order valence-electron chi connectivity index (χ0n) is 10.7. The zero-order chi connectivity index (χ0) is 17.3. The van der Waals surface area contributed by atoms with Crippen molar-refractivity contribution < 1.29 is 39.9 Å². The molecule has 0 bridgehead atoms. The third kappa shape index (κ3) is 3.39. The van der Waals surface area contributed by atoms with Crippen LogP contribution in [0, 0.1) is 11.6 Å². The highest BCUT2D eigenvalue weighted by Crippen LogP contribution is 2.43. The lowest BCUT2D eigenvalue weighted by atomic mass is 10.1. The second-order valence-electron chi connectivity index (χ2n) is 4.18. The molecule has 0 radical (unpaired) electrons. The average Bonchev–Trinajstić information content (AvgIpc) is 2.29. The first-order chi connectivity index (χ1) is 9.80. The Morgan fingerprint density at radius 1 is 0.955 bits per heavy atom. The Bertz CT molecular complexity index is 552. The number of carbonyl (C=O) groups is 1. The number of alkyl halides is 6. The molecule has 0 fully saturated rings. The topological polar surface area (TPSA) is 41.1 Å². The molecule has 0 aliphatic carbocycles. The molecule has 3 nitrogen and oxygen atoms in total. The quantitative estimate of drug-likeness (QED) is 0.657. The highest BCUT2D eigenvalue weighted by molar-refractivity contribution is 5.75. The summed E-state index contributed by atoms with van der Waals surface area (Å²) in [6, 6.07) is 0.902. The van der Waals surface area contributed by atoms with Crippen molar-refractivity contribution in [3.63, 3.8) is 0 Å². The summed E-state index contributed by atoms with van der Waals surface area (Å²) >= 11 is 0. The van der Waals surface area contributed by atoms with Crippen molar-refractivity contribution in [2.45, 2.75) is 24.9 Å². The fourth-order valence-electron chi connectivity index (χ4n) is 1.53. The number of nitrogens with one attached hydrogen (secondary N) is 2. The molecule has 0 aliphatic rings. The SMILES string of the molecule is CC(=O)NC(Nc1ccc(F)c(F)c1)(C(F)(F)F)C(F)(F)F. The van der Waals surface area contributed by atoms with Gasteiger partial charge in [0.05, 0.1) is 0 Å². The van der Waals surface area contributed by atoms with Crippen LogP contribution in [0.15, 0.2) is 18.2 Å². The van der Waals surface area contributed by atoms with E-state index < -0.39 is 41.2 Å². The molecule has 1 amide bonds. The number of amides is 1. The second-order valence-corrected chi connectivity index (χ2v) is 4.18. The molecular weight excluding hydrogens is 328 g/mol. The van der Waals surface area contributed by atoms with Crippen molar-refractivity contribution in [3.8, 4) is 0 Å². The third-order valence-electron chi connectivity index (χ3n) is 2.47. The van der Waals surface area contributed by atoms with E-state index in [1.165, 1.54) is 0 Å². The van der Waals surface area contributed by atoms with E-state index in [2.05, 4.69) is 0 Å². The lowest BCUT2D eigenvalue weighted by molar-refractivity contribution is -0.295. The molecule has 1 aromatic carbocycles. The minimum atomic E-state index is -6.01. The van der Waals surface area contributed by atoms with E-state index in [9.17, 15) is 39.9 Å². The molecule has 0 atom stereocenters. The van der Waals surface area contributed by atoms with Gasteiger partial charge in [0, 0.05) is 18.7 Å². The maximum absolute atomic E-state index is 12.9. The molecule has 0 saturated carbocycles. The minimum absolute atomic E-state index is 0.101. The minimum Gasteiger partial charge on any atom is -0.348 e. The fourth-order valence-corrected chi connectivity index (χ4v) is 1.53. The van der Waals surface area contributed by atoms with E-state index in [0.29, 0.717) is 19.1 Å². The number of hydrogen-bond acceptors (Lipinski definition) is 2. The summed E-state index contributed by atoms with van der Waals surface area (Å²) in [6.45, 7) is 0.444. The van der Waals surface area contributed by atoms with Crippen LogP contribution < -0.4 is 10.6 Å². The van der Waals surface area contributed by atoms with E-state index in [0.717, 1.165) is 10.6 Å². The number of benzene rings is 1. The Balaban J connectivity index is 3.42. The van der Waals surface area contributed by atoms with Gasteiger partial charge in [-0.25, -0.2) is 8.78 Å². The molecule has 0 spiro atoms. The maximum Gasteiger partial charge on any atom is 0.439 e. The van der Waals surface area contributed by atoms with Crippen LogP contribution in [0.4, 0.5) is 40.8 Å². The molecule has 1 rings (SSSR count). The van der Waals surface area contributed by atoms with Crippen molar-refractivity contribution in [2.75, 3.05) is 5.32 Å². The van der Waals surface area contributed by atoms with Gasteiger partial charge in [-0.3, -0.25) is 4.79 Å². The van der Waals surface area contributed by atoms with Crippen molar-refractivity contribution >= 4 is 11.6 Å². The van der Waals surface area contributed by atoms with Crippen LogP contribution in [-0.2, 0) is 4.79 Å². The van der Waals surface area contributed by atoms with Crippen LogP contribution in [0.2, 0.25) is 0 Å². The van der Waals surface area contributed by atoms with Crippen molar-refractivity contribution in [1.82, 2.24) is 5.32 Å². The predicted octanol–water partition coefficient (Wildman–Crippen LogP) is 3.33. The summed E-state index contributed by atoms with van der Waals surface area (Å²) in [6.07, 6.45) is -12.0. The Morgan fingerprint density at radius 2 is 1.45 bits per heavy atom. The van der Waals surface area contributed by atoms with Gasteiger partial charge in [-0.1, -0.05) is 0 Å². The van der Waals surface area contributed by atoms with Crippen molar-refractivity contribution in [1.29, 1.82) is 0 Å². The van der Waals surface area contributed by atoms with Gasteiger partial charge in [-0.2, -0.15) is 26.3 Å². The third-order valence-corrected chi connectivity index (χ3v) is 2.47. The average molecular weight is 336 g/mol. The number of hydrogen-bond donors (Lipinski definition) is 2. The first-order valence-corrected chi connectivity index (χ1v) is 5.45. The molecule has 124 valence electrons. The first kappa shape index (κ1) is 18.0. The molecular formula is C11H8F8N2O. The van der Waals surface area contributed by atoms with Crippen LogP contribution >= 0.6 is 0 Å². The standard InChI is InChI=1S/C11H8F8N2O/c1-5(22)20-9(10(14,15)16,11(17,18)19)21-6-2-3-7(12)8(13)4-6/h2-4,21H,1H3,(H,20,22). The first-order valence-electron chi connectivity index (χ1n) is 5.45. The Hall–Kier alpha value is -2.07. The molecule has 11 heteroatoms. The lowest BCUT2D eigenvalue weighted by Gasteiger charge is -2.38. The van der Waals surface area contributed by atoms with Gasteiger partial charge in [-0.05, 0) is 12.1 Å².